The molecule has 126 valence electrons. The molecule has 0 saturated carbocycles. The van der Waals surface area contributed by atoms with Crippen molar-refractivity contribution in [2.24, 2.45) is 0 Å². The second-order valence-corrected chi connectivity index (χ2v) is 6.63. The van der Waals surface area contributed by atoms with E-state index in [0.29, 0.717) is 19.7 Å². The quantitative estimate of drug-likeness (QED) is 0.848. The number of hydrogen-bond acceptors (Lipinski definition) is 3. The van der Waals surface area contributed by atoms with Gasteiger partial charge in [0.15, 0.2) is 0 Å². The number of carbonyl (C=O) groups excluding carboxylic acids is 1. The molecular weight excluding hydrogens is 321 g/mol. The minimum atomic E-state index is -0.440. The number of carbonyl (C=O) groups is 1. The molecule has 4 nitrogen and oxygen atoms in total. The second kappa shape index (κ2) is 6.75. The Morgan fingerprint density at radius 1 is 1.57 bits per heavy atom. The molecule has 2 fully saturated rings. The highest BCUT2D eigenvalue weighted by molar-refractivity contribution is 6.31. The monoisotopic (exact) mass is 341 g/mol. The van der Waals surface area contributed by atoms with E-state index in [-0.39, 0.29) is 29.0 Å². The minimum Gasteiger partial charge on any atom is -0.378 e. The first-order valence-electron chi connectivity index (χ1n) is 7.93. The number of nitrogens with zero attached hydrogens (tertiary/aromatic N) is 1. The number of rotatable bonds is 3. The fraction of sp³-hybridized carbons (Fsp3) is 0.588. The summed E-state index contributed by atoms with van der Waals surface area (Å²) in [6.07, 6.45) is 2.56. The van der Waals surface area contributed by atoms with Gasteiger partial charge in [0, 0.05) is 30.8 Å². The predicted molar refractivity (Wildman–Crippen MR) is 85.0 cm³/mol. The van der Waals surface area contributed by atoms with E-state index in [1.54, 1.807) is 18.1 Å². The van der Waals surface area contributed by atoms with Crippen molar-refractivity contribution in [2.75, 3.05) is 26.8 Å². The van der Waals surface area contributed by atoms with Crippen molar-refractivity contribution in [1.82, 2.24) is 4.90 Å². The highest BCUT2D eigenvalue weighted by atomic mass is 35.5. The van der Waals surface area contributed by atoms with Crippen LogP contribution in [-0.2, 0) is 20.7 Å². The maximum atomic E-state index is 13.9. The van der Waals surface area contributed by atoms with Crippen molar-refractivity contribution in [3.63, 3.8) is 0 Å². The molecule has 0 bridgehead atoms. The van der Waals surface area contributed by atoms with Gasteiger partial charge >= 0.3 is 0 Å². The van der Waals surface area contributed by atoms with Crippen LogP contribution in [0.5, 0.6) is 0 Å². The van der Waals surface area contributed by atoms with Crippen molar-refractivity contribution in [3.8, 4) is 0 Å². The lowest BCUT2D eigenvalue weighted by atomic mass is 9.86. The van der Waals surface area contributed by atoms with Crippen molar-refractivity contribution in [3.05, 3.63) is 34.6 Å². The Morgan fingerprint density at radius 2 is 2.39 bits per heavy atom. The van der Waals surface area contributed by atoms with Gasteiger partial charge in [0.2, 0.25) is 5.91 Å². The zero-order valence-corrected chi connectivity index (χ0v) is 13.9. The van der Waals surface area contributed by atoms with Gasteiger partial charge in [0.1, 0.15) is 11.4 Å². The van der Waals surface area contributed by atoms with Crippen LogP contribution in [0, 0.1) is 5.82 Å². The number of piperidine rings is 1. The average molecular weight is 342 g/mol. The SMILES string of the molecule is CO[C@H]1CCN(C(=O)Cc2c(F)cccc2Cl)C[C@@]12CCCO2. The van der Waals surface area contributed by atoms with E-state index in [1.807, 2.05) is 0 Å². The fourth-order valence-corrected chi connectivity index (χ4v) is 3.88. The van der Waals surface area contributed by atoms with Gasteiger partial charge in [-0.3, -0.25) is 4.79 Å². The number of ether oxygens (including phenoxy) is 2. The van der Waals surface area contributed by atoms with Crippen LogP contribution in [0.15, 0.2) is 18.2 Å². The molecule has 0 aliphatic carbocycles. The molecule has 6 heteroatoms. The normalized spacial score (nSPS) is 27.6. The zero-order chi connectivity index (χ0) is 16.4. The topological polar surface area (TPSA) is 38.8 Å². The summed E-state index contributed by atoms with van der Waals surface area (Å²) in [5.41, 5.74) is -0.156. The highest BCUT2D eigenvalue weighted by Gasteiger charge is 2.48. The number of hydrogen-bond donors (Lipinski definition) is 0. The third-order valence-electron chi connectivity index (χ3n) is 4.87. The molecule has 2 saturated heterocycles. The van der Waals surface area contributed by atoms with E-state index in [0.717, 1.165) is 19.3 Å². The molecule has 1 spiro atoms. The van der Waals surface area contributed by atoms with E-state index in [2.05, 4.69) is 0 Å². The van der Waals surface area contributed by atoms with Crippen LogP contribution in [0.3, 0.4) is 0 Å². The molecule has 2 atom stereocenters. The van der Waals surface area contributed by atoms with Crippen LogP contribution in [0.2, 0.25) is 5.02 Å². The third-order valence-corrected chi connectivity index (χ3v) is 5.22. The lowest BCUT2D eigenvalue weighted by Crippen LogP contribution is -2.58. The van der Waals surface area contributed by atoms with Crippen LogP contribution in [-0.4, -0.2) is 49.3 Å². The molecule has 2 aliphatic rings. The molecular formula is C17H21ClFNO3. The van der Waals surface area contributed by atoms with Crippen LogP contribution < -0.4 is 0 Å². The summed E-state index contributed by atoms with van der Waals surface area (Å²) in [4.78, 5) is 14.4. The van der Waals surface area contributed by atoms with Gasteiger partial charge in [-0.05, 0) is 31.4 Å². The summed E-state index contributed by atoms with van der Waals surface area (Å²) in [7, 11) is 1.69. The van der Waals surface area contributed by atoms with Crippen molar-refractivity contribution in [2.45, 2.75) is 37.4 Å². The highest BCUT2D eigenvalue weighted by Crippen LogP contribution is 2.36. The van der Waals surface area contributed by atoms with E-state index in [9.17, 15) is 9.18 Å². The summed E-state index contributed by atoms with van der Waals surface area (Å²) in [6, 6.07) is 4.47. The molecule has 23 heavy (non-hydrogen) atoms. The van der Waals surface area contributed by atoms with Gasteiger partial charge in [-0.2, -0.15) is 0 Å². The molecule has 1 aromatic rings. The Balaban J connectivity index is 1.73. The van der Waals surface area contributed by atoms with Crippen LogP contribution >= 0.6 is 11.6 Å². The average Bonchev–Trinajstić information content (AvgIpc) is 2.99. The zero-order valence-electron chi connectivity index (χ0n) is 13.2. The lowest BCUT2D eigenvalue weighted by molar-refractivity contribution is -0.160. The van der Waals surface area contributed by atoms with Crippen LogP contribution in [0.1, 0.15) is 24.8 Å². The fourth-order valence-electron chi connectivity index (χ4n) is 3.65. The molecule has 2 aliphatic heterocycles. The van der Waals surface area contributed by atoms with Crippen LogP contribution in [0.4, 0.5) is 4.39 Å². The smallest absolute Gasteiger partial charge is 0.227 e. The first kappa shape index (κ1) is 16.7. The summed E-state index contributed by atoms with van der Waals surface area (Å²) in [5, 5.41) is 0.289. The number of amides is 1. The second-order valence-electron chi connectivity index (χ2n) is 6.22. The van der Waals surface area contributed by atoms with Crippen LogP contribution in [0.25, 0.3) is 0 Å². The molecule has 1 amide bonds. The largest absolute Gasteiger partial charge is 0.378 e. The standard InChI is InChI=1S/C17H21ClFNO3/c1-22-15-6-8-20(11-17(15)7-3-9-23-17)16(21)10-12-13(18)4-2-5-14(12)19/h2,4-5,15H,3,6-11H2,1H3/t15-,17-/m0/s1. The minimum absolute atomic E-state index is 0.00565. The van der Waals surface area contributed by atoms with Gasteiger partial charge < -0.3 is 14.4 Å². The van der Waals surface area contributed by atoms with E-state index < -0.39 is 11.4 Å². The van der Waals surface area contributed by atoms with Gasteiger partial charge in [-0.1, -0.05) is 17.7 Å². The maximum absolute atomic E-state index is 13.9. The number of methoxy groups -OCH3 is 1. The van der Waals surface area contributed by atoms with Gasteiger partial charge in [0.25, 0.3) is 0 Å². The van der Waals surface area contributed by atoms with Gasteiger partial charge in [-0.15, -0.1) is 0 Å². The Hall–Kier alpha value is -1.17. The molecule has 2 heterocycles. The number of likely N-dealkylation sites (tertiary alicyclic amines) is 1. The van der Waals surface area contributed by atoms with E-state index >= 15 is 0 Å². The Labute approximate surface area is 140 Å². The third kappa shape index (κ3) is 3.23. The van der Waals surface area contributed by atoms with Crippen molar-refractivity contribution in [1.29, 1.82) is 0 Å². The predicted octanol–water partition coefficient (Wildman–Crippen LogP) is 2.82. The van der Waals surface area contributed by atoms with Crippen molar-refractivity contribution < 1.29 is 18.7 Å². The van der Waals surface area contributed by atoms with Gasteiger partial charge in [0.05, 0.1) is 19.1 Å². The Bertz CT molecular complexity index is 569. The Morgan fingerprint density at radius 3 is 3.04 bits per heavy atom. The summed E-state index contributed by atoms with van der Waals surface area (Å²) < 4.78 is 25.4. The Kier molecular flexibility index (Phi) is 4.90. The molecule has 3 rings (SSSR count). The number of benzene rings is 1. The van der Waals surface area contributed by atoms with Crippen molar-refractivity contribution >= 4 is 17.5 Å². The first-order valence-corrected chi connectivity index (χ1v) is 8.31. The summed E-state index contributed by atoms with van der Waals surface area (Å²) in [6.45, 7) is 1.78. The van der Waals surface area contributed by atoms with Gasteiger partial charge in [-0.25, -0.2) is 4.39 Å². The first-order chi connectivity index (χ1) is 11.1. The molecule has 1 aromatic carbocycles. The molecule has 0 aromatic heterocycles. The molecule has 0 unspecified atom stereocenters. The molecule has 0 N–H and O–H groups in total. The summed E-state index contributed by atoms with van der Waals surface area (Å²) in [5.74, 6) is -0.564. The number of halogens is 2. The lowest BCUT2D eigenvalue weighted by Gasteiger charge is -2.44. The van der Waals surface area contributed by atoms with E-state index in [4.69, 9.17) is 21.1 Å². The maximum Gasteiger partial charge on any atom is 0.227 e. The summed E-state index contributed by atoms with van der Waals surface area (Å²) >= 11 is 6.02. The van der Waals surface area contributed by atoms with E-state index in [1.165, 1.54) is 12.1 Å². The molecule has 0 radical (unpaired) electrons.